The molecule has 0 aliphatic carbocycles. The van der Waals surface area contributed by atoms with Crippen molar-refractivity contribution in [2.45, 2.75) is 110 Å². The van der Waals surface area contributed by atoms with Gasteiger partial charge in [0.05, 0.1) is 0 Å². The molecular weight excluding hydrogens is 334 g/mol. The summed E-state index contributed by atoms with van der Waals surface area (Å²) in [7, 11) is 4.23. The van der Waals surface area contributed by atoms with Gasteiger partial charge < -0.3 is 15.5 Å². The Morgan fingerprint density at radius 1 is 0.593 bits per heavy atom. The molecule has 0 bridgehead atoms. The first kappa shape index (κ1) is 26.2. The maximum absolute atomic E-state index is 11.7. The molecule has 0 fully saturated rings. The molecule has 0 radical (unpaired) electrons. The minimum Gasteiger partial charge on any atom is -0.338 e. The molecule has 0 atom stereocenters. The topological polar surface area (TPSA) is 44.4 Å². The third-order valence-corrected chi connectivity index (χ3v) is 5.13. The van der Waals surface area contributed by atoms with Crippen LogP contribution in [0.2, 0.25) is 0 Å². The van der Waals surface area contributed by atoms with Crippen LogP contribution in [0, 0.1) is 0 Å². The summed E-state index contributed by atoms with van der Waals surface area (Å²) < 4.78 is 0. The van der Waals surface area contributed by atoms with E-state index in [1.165, 1.54) is 89.9 Å². The summed E-state index contributed by atoms with van der Waals surface area (Å²) in [6.07, 6.45) is 21.0. The highest BCUT2D eigenvalue weighted by molar-refractivity contribution is 5.73. The van der Waals surface area contributed by atoms with Crippen LogP contribution in [0.25, 0.3) is 0 Å². The van der Waals surface area contributed by atoms with Crippen LogP contribution in [-0.2, 0) is 0 Å². The van der Waals surface area contributed by atoms with Crippen molar-refractivity contribution in [3.63, 3.8) is 0 Å². The highest BCUT2D eigenvalue weighted by Crippen LogP contribution is 2.11. The maximum atomic E-state index is 11.7. The number of amides is 2. The number of nitrogens with one attached hydrogen (secondary N) is 2. The van der Waals surface area contributed by atoms with Crippen LogP contribution in [0.15, 0.2) is 0 Å². The van der Waals surface area contributed by atoms with Crippen LogP contribution in [0.4, 0.5) is 4.79 Å². The van der Waals surface area contributed by atoms with E-state index in [-0.39, 0.29) is 6.03 Å². The minimum atomic E-state index is 0.00589. The minimum absolute atomic E-state index is 0.00589. The number of unbranched alkanes of at least 4 members (excludes halogenated alkanes) is 14. The lowest BCUT2D eigenvalue weighted by Crippen LogP contribution is -2.36. The van der Waals surface area contributed by atoms with Gasteiger partial charge in [-0.2, -0.15) is 0 Å². The lowest BCUT2D eigenvalue weighted by atomic mass is 10.1. The molecule has 4 nitrogen and oxygen atoms in total. The third-order valence-electron chi connectivity index (χ3n) is 5.13. The van der Waals surface area contributed by atoms with E-state index in [1.807, 2.05) is 0 Å². The standard InChI is InChI=1S/C23H49N3O/c1-4-5-6-7-8-9-10-11-12-13-14-17-20-24-23(27)25-21-18-15-16-19-22-26(2)3/h4-22H2,1-3H3,(H2,24,25,27). The number of hydrogen-bond donors (Lipinski definition) is 2. The van der Waals surface area contributed by atoms with Gasteiger partial charge in [-0.15, -0.1) is 0 Å². The van der Waals surface area contributed by atoms with E-state index < -0.39 is 0 Å². The summed E-state index contributed by atoms with van der Waals surface area (Å²) in [4.78, 5) is 13.9. The smallest absolute Gasteiger partial charge is 0.314 e. The molecule has 0 unspecified atom stereocenters. The fourth-order valence-electron chi connectivity index (χ4n) is 3.34. The Bertz CT molecular complexity index is 308. The molecule has 27 heavy (non-hydrogen) atoms. The summed E-state index contributed by atoms with van der Waals surface area (Å²) in [6.45, 7) is 5.04. The number of carbonyl (C=O) groups excluding carboxylic acids is 1. The summed E-state index contributed by atoms with van der Waals surface area (Å²) in [5.74, 6) is 0. The van der Waals surface area contributed by atoms with E-state index in [2.05, 4.69) is 36.6 Å². The van der Waals surface area contributed by atoms with E-state index >= 15 is 0 Å². The largest absolute Gasteiger partial charge is 0.338 e. The van der Waals surface area contributed by atoms with E-state index in [4.69, 9.17) is 0 Å². The molecule has 0 aliphatic rings. The molecule has 2 N–H and O–H groups in total. The van der Waals surface area contributed by atoms with Gasteiger partial charge in [0.2, 0.25) is 0 Å². The summed E-state index contributed by atoms with van der Waals surface area (Å²) >= 11 is 0. The van der Waals surface area contributed by atoms with Crippen molar-refractivity contribution in [1.29, 1.82) is 0 Å². The molecule has 0 rings (SSSR count). The van der Waals surface area contributed by atoms with Gasteiger partial charge in [-0.05, 0) is 39.9 Å². The van der Waals surface area contributed by atoms with Crippen molar-refractivity contribution in [2.24, 2.45) is 0 Å². The highest BCUT2D eigenvalue weighted by Gasteiger charge is 1.99. The molecule has 0 spiro atoms. The van der Waals surface area contributed by atoms with Gasteiger partial charge in [0.1, 0.15) is 0 Å². The molecule has 2 amide bonds. The quantitative estimate of drug-likeness (QED) is 0.249. The third kappa shape index (κ3) is 23.2. The predicted molar refractivity (Wildman–Crippen MR) is 120 cm³/mol. The monoisotopic (exact) mass is 383 g/mol. The van der Waals surface area contributed by atoms with E-state index in [9.17, 15) is 4.79 Å². The average Bonchev–Trinajstić information content (AvgIpc) is 2.64. The summed E-state index contributed by atoms with van der Waals surface area (Å²) in [5.41, 5.74) is 0. The van der Waals surface area contributed by atoms with Crippen LogP contribution < -0.4 is 10.6 Å². The number of urea groups is 1. The molecule has 0 saturated heterocycles. The molecule has 0 aliphatic heterocycles. The Balaban J connectivity index is 3.14. The van der Waals surface area contributed by atoms with Crippen molar-refractivity contribution >= 4 is 6.03 Å². The lowest BCUT2D eigenvalue weighted by molar-refractivity contribution is 0.240. The van der Waals surface area contributed by atoms with Crippen molar-refractivity contribution in [3.05, 3.63) is 0 Å². The SMILES string of the molecule is CCCCCCCCCCCCCCNC(=O)NCCCCCCN(C)C. The van der Waals surface area contributed by atoms with Gasteiger partial charge in [-0.1, -0.05) is 90.4 Å². The fraction of sp³-hybridized carbons (Fsp3) is 0.957. The van der Waals surface area contributed by atoms with Gasteiger partial charge in [0.25, 0.3) is 0 Å². The summed E-state index contributed by atoms with van der Waals surface area (Å²) in [5, 5.41) is 5.94. The molecule has 0 aromatic heterocycles. The lowest BCUT2D eigenvalue weighted by Gasteiger charge is -2.09. The van der Waals surface area contributed by atoms with Crippen LogP contribution >= 0.6 is 0 Å². The highest BCUT2D eigenvalue weighted by atomic mass is 16.2. The number of hydrogen-bond acceptors (Lipinski definition) is 2. The molecule has 0 aromatic carbocycles. The Labute approximate surface area is 170 Å². The van der Waals surface area contributed by atoms with E-state index in [0.717, 1.165) is 32.5 Å². The van der Waals surface area contributed by atoms with E-state index in [0.29, 0.717) is 0 Å². The second-order valence-electron chi connectivity index (χ2n) is 8.29. The molecule has 0 aromatic rings. The summed E-state index contributed by atoms with van der Waals surface area (Å²) in [6, 6.07) is 0.00589. The Morgan fingerprint density at radius 3 is 1.37 bits per heavy atom. The van der Waals surface area contributed by atoms with Crippen molar-refractivity contribution in [1.82, 2.24) is 15.5 Å². The Hall–Kier alpha value is -0.770. The molecule has 4 heteroatoms. The zero-order valence-corrected chi connectivity index (χ0v) is 18.8. The number of nitrogens with zero attached hydrogens (tertiary/aromatic N) is 1. The van der Waals surface area contributed by atoms with Crippen LogP contribution in [0.1, 0.15) is 110 Å². The fourth-order valence-corrected chi connectivity index (χ4v) is 3.34. The first-order chi connectivity index (χ1) is 13.2. The zero-order valence-electron chi connectivity index (χ0n) is 18.8. The van der Waals surface area contributed by atoms with Crippen LogP contribution in [0.5, 0.6) is 0 Å². The van der Waals surface area contributed by atoms with Gasteiger partial charge in [-0.25, -0.2) is 4.79 Å². The molecular formula is C23H49N3O. The molecule has 0 heterocycles. The van der Waals surface area contributed by atoms with Crippen LogP contribution in [-0.4, -0.2) is 44.7 Å². The molecule has 0 saturated carbocycles. The normalized spacial score (nSPS) is 11.1. The number of rotatable bonds is 20. The second kappa shape index (κ2) is 21.5. The number of carbonyl (C=O) groups is 1. The van der Waals surface area contributed by atoms with Gasteiger partial charge >= 0.3 is 6.03 Å². The van der Waals surface area contributed by atoms with Crippen molar-refractivity contribution in [3.8, 4) is 0 Å². The Morgan fingerprint density at radius 2 is 0.963 bits per heavy atom. The Kier molecular flexibility index (Phi) is 20.9. The first-order valence-corrected chi connectivity index (χ1v) is 11.8. The van der Waals surface area contributed by atoms with Gasteiger partial charge in [0.15, 0.2) is 0 Å². The van der Waals surface area contributed by atoms with Crippen LogP contribution in [0.3, 0.4) is 0 Å². The predicted octanol–water partition coefficient (Wildman–Crippen LogP) is 6.11. The van der Waals surface area contributed by atoms with E-state index in [1.54, 1.807) is 0 Å². The average molecular weight is 384 g/mol. The first-order valence-electron chi connectivity index (χ1n) is 11.8. The van der Waals surface area contributed by atoms with Gasteiger partial charge in [-0.3, -0.25) is 0 Å². The van der Waals surface area contributed by atoms with Gasteiger partial charge in [0, 0.05) is 13.1 Å². The van der Waals surface area contributed by atoms with Crippen molar-refractivity contribution < 1.29 is 4.79 Å². The second-order valence-corrected chi connectivity index (χ2v) is 8.29. The van der Waals surface area contributed by atoms with Crippen molar-refractivity contribution in [2.75, 3.05) is 33.7 Å². The molecule has 162 valence electrons. The maximum Gasteiger partial charge on any atom is 0.314 e. The zero-order chi connectivity index (χ0) is 20.0.